The Morgan fingerprint density at radius 3 is 1.37 bits per heavy atom. The SMILES string of the molecule is c1ccc2cc(-c3ncc(-c4nc5cc6cc7oc(-c8cnc(-c9ccc%10ccccc%10c9)s8)nc7cc6cc5o4)s3)ccc2c1. The van der Waals surface area contributed by atoms with Crippen molar-refractivity contribution in [1.29, 1.82) is 0 Å². The predicted molar refractivity (Wildman–Crippen MR) is 187 cm³/mol. The first kappa shape index (κ1) is 25.6. The molecule has 6 aromatic carbocycles. The molecule has 0 fully saturated rings. The lowest BCUT2D eigenvalue weighted by Gasteiger charge is -2.00. The van der Waals surface area contributed by atoms with Crippen molar-refractivity contribution in [3.8, 4) is 42.7 Å². The first-order valence-corrected chi connectivity index (χ1v) is 16.4. The van der Waals surface area contributed by atoms with Crippen molar-refractivity contribution in [2.45, 2.75) is 0 Å². The van der Waals surface area contributed by atoms with Gasteiger partial charge in [0.2, 0.25) is 11.8 Å². The highest BCUT2D eigenvalue weighted by Gasteiger charge is 2.17. The van der Waals surface area contributed by atoms with Gasteiger partial charge in [-0.1, -0.05) is 72.8 Å². The molecular formula is C38H20N4O2S2. The Balaban J connectivity index is 0.968. The van der Waals surface area contributed by atoms with Crippen LogP contribution in [-0.2, 0) is 0 Å². The summed E-state index contributed by atoms with van der Waals surface area (Å²) in [5, 5.41) is 8.67. The normalized spacial score (nSPS) is 11.9. The van der Waals surface area contributed by atoms with Crippen LogP contribution in [-0.4, -0.2) is 19.9 Å². The second kappa shape index (κ2) is 9.90. The molecule has 0 saturated heterocycles. The third-order valence-corrected chi connectivity index (χ3v) is 10.3. The summed E-state index contributed by atoms with van der Waals surface area (Å²) in [6.45, 7) is 0. The summed E-state index contributed by atoms with van der Waals surface area (Å²) in [6.07, 6.45) is 3.67. The number of nitrogens with zero attached hydrogens (tertiary/aromatic N) is 4. The molecule has 46 heavy (non-hydrogen) atoms. The zero-order valence-electron chi connectivity index (χ0n) is 24.0. The fourth-order valence-corrected chi connectivity index (χ4v) is 7.64. The molecule has 0 atom stereocenters. The van der Waals surface area contributed by atoms with Crippen LogP contribution in [0.2, 0.25) is 0 Å². The molecule has 10 aromatic rings. The van der Waals surface area contributed by atoms with E-state index in [0.29, 0.717) is 22.9 Å². The van der Waals surface area contributed by atoms with Gasteiger partial charge in [-0.3, -0.25) is 0 Å². The highest BCUT2D eigenvalue weighted by atomic mass is 32.1. The third-order valence-electron chi connectivity index (χ3n) is 8.28. The molecular weight excluding hydrogens is 609 g/mol. The van der Waals surface area contributed by atoms with E-state index in [0.717, 1.165) is 52.7 Å². The van der Waals surface area contributed by atoms with Crippen molar-refractivity contribution < 1.29 is 8.83 Å². The zero-order valence-corrected chi connectivity index (χ0v) is 25.6. The van der Waals surface area contributed by atoms with Crippen LogP contribution < -0.4 is 0 Å². The van der Waals surface area contributed by atoms with E-state index in [-0.39, 0.29) is 0 Å². The molecule has 0 spiro atoms. The Morgan fingerprint density at radius 1 is 0.435 bits per heavy atom. The fraction of sp³-hybridized carbons (Fsp3) is 0. The summed E-state index contributed by atoms with van der Waals surface area (Å²) in [7, 11) is 0. The summed E-state index contributed by atoms with van der Waals surface area (Å²) in [5.74, 6) is 1.12. The van der Waals surface area contributed by atoms with E-state index in [1.54, 1.807) is 22.7 Å². The van der Waals surface area contributed by atoms with Crippen molar-refractivity contribution >= 4 is 77.2 Å². The van der Waals surface area contributed by atoms with E-state index in [1.165, 1.54) is 21.5 Å². The topological polar surface area (TPSA) is 77.8 Å². The van der Waals surface area contributed by atoms with Crippen molar-refractivity contribution in [2.75, 3.05) is 0 Å². The van der Waals surface area contributed by atoms with Crippen molar-refractivity contribution in [1.82, 2.24) is 19.9 Å². The van der Waals surface area contributed by atoms with Crippen LogP contribution in [0.1, 0.15) is 0 Å². The highest BCUT2D eigenvalue weighted by Crippen LogP contribution is 2.38. The van der Waals surface area contributed by atoms with Gasteiger partial charge in [-0.25, -0.2) is 19.9 Å². The standard InChI is InChI=1S/C38H20N4O2S2/c1-3-7-23-13-25(11-9-21(23)5-1)37-39-19-33(45-37)35-41-29-15-27-18-32-30(16-28(27)17-31(29)43-35)42-36(44-32)34-20-40-38(46-34)26-12-10-22-6-2-4-8-24(22)14-26/h1-20H. The third kappa shape index (κ3) is 4.23. The van der Waals surface area contributed by atoms with Crippen LogP contribution in [0.5, 0.6) is 0 Å². The Bertz CT molecular complexity index is 2530. The van der Waals surface area contributed by atoms with Gasteiger partial charge in [0.15, 0.2) is 11.2 Å². The number of hydrogen-bond donors (Lipinski definition) is 0. The van der Waals surface area contributed by atoms with Crippen LogP contribution in [0.15, 0.2) is 130 Å². The fourth-order valence-electron chi connectivity index (χ4n) is 5.96. The number of fused-ring (bicyclic) bond motifs is 5. The summed E-state index contributed by atoms with van der Waals surface area (Å²) in [5.41, 5.74) is 5.15. The molecule has 10 rings (SSSR count). The summed E-state index contributed by atoms with van der Waals surface area (Å²) < 4.78 is 12.5. The molecule has 0 unspecified atom stereocenters. The van der Waals surface area contributed by atoms with Crippen LogP contribution in [0, 0.1) is 0 Å². The molecule has 0 aliphatic heterocycles. The Labute approximate surface area is 269 Å². The lowest BCUT2D eigenvalue weighted by molar-refractivity contribution is 0.621. The van der Waals surface area contributed by atoms with Gasteiger partial charge in [-0.05, 0) is 68.7 Å². The molecule has 216 valence electrons. The molecule has 0 radical (unpaired) electrons. The van der Waals surface area contributed by atoms with E-state index >= 15 is 0 Å². The Morgan fingerprint density at radius 2 is 0.891 bits per heavy atom. The van der Waals surface area contributed by atoms with Crippen LogP contribution >= 0.6 is 22.7 Å². The molecule has 8 heteroatoms. The minimum absolute atomic E-state index is 0.561. The van der Waals surface area contributed by atoms with Gasteiger partial charge >= 0.3 is 0 Å². The van der Waals surface area contributed by atoms with E-state index in [9.17, 15) is 0 Å². The van der Waals surface area contributed by atoms with Gasteiger partial charge in [0.1, 0.15) is 30.8 Å². The minimum atomic E-state index is 0.561. The first-order valence-electron chi connectivity index (χ1n) is 14.8. The number of hydrogen-bond acceptors (Lipinski definition) is 8. The number of aromatic nitrogens is 4. The van der Waals surface area contributed by atoms with Crippen molar-refractivity contribution in [2.24, 2.45) is 0 Å². The molecule has 0 bridgehead atoms. The summed E-state index contributed by atoms with van der Waals surface area (Å²) in [4.78, 5) is 20.8. The average molecular weight is 629 g/mol. The molecule has 0 saturated carbocycles. The molecule has 0 aliphatic rings. The summed E-state index contributed by atoms with van der Waals surface area (Å²) in [6, 6.07) is 37.6. The minimum Gasteiger partial charge on any atom is -0.435 e. The lowest BCUT2D eigenvalue weighted by atomic mass is 10.1. The van der Waals surface area contributed by atoms with Gasteiger partial charge in [-0.2, -0.15) is 0 Å². The lowest BCUT2D eigenvalue weighted by Crippen LogP contribution is -1.76. The van der Waals surface area contributed by atoms with Crippen LogP contribution in [0.25, 0.3) is 97.2 Å². The van der Waals surface area contributed by atoms with Gasteiger partial charge in [0, 0.05) is 11.1 Å². The number of thiazole rings is 2. The van der Waals surface area contributed by atoms with E-state index in [4.69, 9.17) is 18.8 Å². The number of rotatable bonds is 4. The van der Waals surface area contributed by atoms with E-state index in [2.05, 4.69) is 94.9 Å². The molecule has 0 amide bonds. The Hall–Kier alpha value is -5.70. The predicted octanol–water partition coefficient (Wildman–Crippen LogP) is 11.0. The van der Waals surface area contributed by atoms with Crippen molar-refractivity contribution in [3.63, 3.8) is 0 Å². The highest BCUT2D eigenvalue weighted by molar-refractivity contribution is 7.18. The second-order valence-electron chi connectivity index (χ2n) is 11.2. The molecule has 6 nitrogen and oxygen atoms in total. The number of benzene rings is 6. The van der Waals surface area contributed by atoms with Crippen molar-refractivity contribution in [3.05, 3.63) is 122 Å². The van der Waals surface area contributed by atoms with Crippen LogP contribution in [0.4, 0.5) is 0 Å². The Kier molecular flexibility index (Phi) is 5.51. The van der Waals surface area contributed by atoms with Crippen LogP contribution in [0.3, 0.4) is 0 Å². The smallest absolute Gasteiger partial charge is 0.239 e. The molecule has 0 aliphatic carbocycles. The van der Waals surface area contributed by atoms with Gasteiger partial charge in [0.05, 0.1) is 12.4 Å². The molecule has 0 N–H and O–H groups in total. The number of oxazole rings is 2. The maximum atomic E-state index is 6.25. The summed E-state index contributed by atoms with van der Waals surface area (Å²) >= 11 is 3.15. The zero-order chi connectivity index (χ0) is 30.2. The maximum absolute atomic E-state index is 6.25. The maximum Gasteiger partial charge on any atom is 0.239 e. The first-order chi connectivity index (χ1) is 22.7. The average Bonchev–Trinajstić information content (AvgIpc) is 3.91. The quantitative estimate of drug-likeness (QED) is 0.193. The van der Waals surface area contributed by atoms with Gasteiger partial charge in [-0.15, -0.1) is 22.7 Å². The molecule has 4 heterocycles. The molecule has 4 aromatic heterocycles. The van der Waals surface area contributed by atoms with Gasteiger partial charge < -0.3 is 8.83 Å². The van der Waals surface area contributed by atoms with E-state index < -0.39 is 0 Å². The van der Waals surface area contributed by atoms with E-state index in [1.807, 2.05) is 36.7 Å². The monoisotopic (exact) mass is 628 g/mol. The van der Waals surface area contributed by atoms with Gasteiger partial charge in [0.25, 0.3) is 0 Å². The largest absolute Gasteiger partial charge is 0.435 e. The second-order valence-corrected chi connectivity index (χ2v) is 13.3.